The minimum absolute atomic E-state index is 0.264. The van der Waals surface area contributed by atoms with Gasteiger partial charge in [-0.05, 0) is 66.7 Å². The van der Waals surface area contributed by atoms with Gasteiger partial charge in [-0.2, -0.15) is 0 Å². The molecule has 0 amide bonds. The largest absolute Gasteiger partial charge is 0.508 e. The van der Waals surface area contributed by atoms with Gasteiger partial charge in [0.1, 0.15) is 23.9 Å². The highest BCUT2D eigenvalue weighted by atomic mass is 16.5. The van der Waals surface area contributed by atoms with Gasteiger partial charge in [0.2, 0.25) is 0 Å². The highest BCUT2D eigenvalue weighted by Gasteiger charge is 2.20. The van der Waals surface area contributed by atoms with E-state index < -0.39 is 0 Å². The Labute approximate surface area is 178 Å². The van der Waals surface area contributed by atoms with Crippen LogP contribution in [0.5, 0.6) is 17.2 Å². The monoisotopic (exact) mass is 401 g/mol. The summed E-state index contributed by atoms with van der Waals surface area (Å²) in [6.07, 6.45) is 0.828. The Hall–Kier alpha value is -3.24. The first-order valence-electron chi connectivity index (χ1n) is 10.2. The molecule has 0 saturated carbocycles. The molecule has 0 unspecified atom stereocenters. The second-order valence-corrected chi connectivity index (χ2v) is 7.67. The zero-order valence-corrected chi connectivity index (χ0v) is 17.5. The quantitative estimate of drug-likeness (QED) is 0.626. The van der Waals surface area contributed by atoms with E-state index in [9.17, 15) is 5.11 Å². The molecule has 0 radical (unpaired) electrons. The van der Waals surface area contributed by atoms with Crippen LogP contribution in [0.3, 0.4) is 0 Å². The summed E-state index contributed by atoms with van der Waals surface area (Å²) in [7, 11) is 4.07. The highest BCUT2D eigenvalue weighted by Crippen LogP contribution is 2.41. The van der Waals surface area contributed by atoms with Crippen LogP contribution in [0, 0.1) is 0 Å². The van der Waals surface area contributed by atoms with Crippen molar-refractivity contribution in [2.75, 3.05) is 33.9 Å². The number of phenolic OH excluding ortho intramolecular Hbond substituents is 1. The average Bonchev–Trinajstić information content (AvgIpc) is 2.76. The van der Waals surface area contributed by atoms with Crippen molar-refractivity contribution >= 4 is 11.1 Å². The lowest BCUT2D eigenvalue weighted by molar-refractivity contribution is 0.261. The van der Waals surface area contributed by atoms with Crippen LogP contribution in [0.1, 0.15) is 23.1 Å². The van der Waals surface area contributed by atoms with Gasteiger partial charge >= 0.3 is 0 Å². The highest BCUT2D eigenvalue weighted by molar-refractivity contribution is 6.00. The molecule has 0 bridgehead atoms. The van der Waals surface area contributed by atoms with Gasteiger partial charge < -0.3 is 19.5 Å². The van der Waals surface area contributed by atoms with Crippen LogP contribution in [0.4, 0.5) is 0 Å². The molecular formula is C26H27NO3. The van der Waals surface area contributed by atoms with Crippen molar-refractivity contribution in [3.05, 3.63) is 89.5 Å². The van der Waals surface area contributed by atoms with Gasteiger partial charge in [-0.1, -0.05) is 42.5 Å². The maximum atomic E-state index is 9.78. The van der Waals surface area contributed by atoms with E-state index in [1.54, 1.807) is 12.1 Å². The third-order valence-electron chi connectivity index (χ3n) is 5.23. The zero-order valence-electron chi connectivity index (χ0n) is 17.5. The summed E-state index contributed by atoms with van der Waals surface area (Å²) in [6, 6.07) is 23.9. The summed E-state index contributed by atoms with van der Waals surface area (Å²) in [4.78, 5) is 2.10. The van der Waals surface area contributed by atoms with Gasteiger partial charge in [-0.3, -0.25) is 0 Å². The Morgan fingerprint density at radius 1 is 0.933 bits per heavy atom. The van der Waals surface area contributed by atoms with E-state index in [2.05, 4.69) is 23.1 Å². The molecular weight excluding hydrogens is 374 g/mol. The SMILES string of the molecule is CN(C)CCOc1ccc(C(=C2CCOc3ccccc32)c2ccc(O)cc2)cc1. The van der Waals surface area contributed by atoms with Gasteiger partial charge in [-0.25, -0.2) is 0 Å². The molecule has 1 aliphatic heterocycles. The molecule has 1 heterocycles. The molecule has 0 spiro atoms. The first-order valence-corrected chi connectivity index (χ1v) is 10.2. The van der Waals surface area contributed by atoms with Crippen LogP contribution < -0.4 is 9.47 Å². The fourth-order valence-electron chi connectivity index (χ4n) is 3.71. The van der Waals surface area contributed by atoms with Crippen molar-refractivity contribution in [1.82, 2.24) is 4.90 Å². The molecule has 3 aromatic carbocycles. The lowest BCUT2D eigenvalue weighted by Crippen LogP contribution is -2.19. The van der Waals surface area contributed by atoms with Gasteiger partial charge in [0, 0.05) is 18.5 Å². The summed E-state index contributed by atoms with van der Waals surface area (Å²) in [5.74, 6) is 2.04. The molecule has 30 heavy (non-hydrogen) atoms. The molecule has 0 aromatic heterocycles. The summed E-state index contributed by atoms with van der Waals surface area (Å²) < 4.78 is 11.7. The number of nitrogens with zero attached hydrogens (tertiary/aromatic N) is 1. The molecule has 0 saturated heterocycles. The van der Waals surface area contributed by atoms with Crippen molar-refractivity contribution in [2.24, 2.45) is 0 Å². The van der Waals surface area contributed by atoms with Crippen molar-refractivity contribution < 1.29 is 14.6 Å². The van der Waals surface area contributed by atoms with Crippen molar-refractivity contribution in [3.63, 3.8) is 0 Å². The van der Waals surface area contributed by atoms with E-state index >= 15 is 0 Å². The number of rotatable bonds is 6. The van der Waals surface area contributed by atoms with Crippen molar-refractivity contribution in [2.45, 2.75) is 6.42 Å². The van der Waals surface area contributed by atoms with E-state index in [4.69, 9.17) is 9.47 Å². The van der Waals surface area contributed by atoms with Crippen LogP contribution in [-0.2, 0) is 0 Å². The molecule has 154 valence electrons. The molecule has 4 rings (SSSR count). The molecule has 1 aliphatic rings. The maximum Gasteiger partial charge on any atom is 0.126 e. The van der Waals surface area contributed by atoms with Crippen molar-refractivity contribution in [1.29, 1.82) is 0 Å². The van der Waals surface area contributed by atoms with E-state index in [1.807, 2.05) is 56.6 Å². The minimum Gasteiger partial charge on any atom is -0.508 e. The lowest BCUT2D eigenvalue weighted by Gasteiger charge is -2.24. The molecule has 4 heteroatoms. The number of likely N-dealkylation sites (N-methyl/N-ethyl adjacent to an activating group) is 1. The summed E-state index contributed by atoms with van der Waals surface area (Å²) in [6.45, 7) is 2.18. The number of fused-ring (bicyclic) bond motifs is 1. The molecule has 0 atom stereocenters. The number of hydrogen-bond donors (Lipinski definition) is 1. The Morgan fingerprint density at radius 2 is 1.60 bits per heavy atom. The summed E-state index contributed by atoms with van der Waals surface area (Å²) in [5.41, 5.74) is 5.72. The maximum absolute atomic E-state index is 9.78. The fraction of sp³-hybridized carbons (Fsp3) is 0.231. The minimum atomic E-state index is 0.264. The Bertz CT molecular complexity index is 1020. The normalized spacial score (nSPS) is 14.8. The van der Waals surface area contributed by atoms with E-state index in [0.717, 1.165) is 46.7 Å². The number of aromatic hydroxyl groups is 1. The summed E-state index contributed by atoms with van der Waals surface area (Å²) >= 11 is 0. The number of phenols is 1. The molecule has 3 aromatic rings. The molecule has 0 aliphatic carbocycles. The summed E-state index contributed by atoms with van der Waals surface area (Å²) in [5, 5.41) is 9.78. The fourth-order valence-corrected chi connectivity index (χ4v) is 3.71. The first kappa shape index (κ1) is 20.0. The van der Waals surface area contributed by atoms with Gasteiger partial charge in [0.15, 0.2) is 0 Å². The van der Waals surface area contributed by atoms with Crippen LogP contribution in [0.2, 0.25) is 0 Å². The van der Waals surface area contributed by atoms with Gasteiger partial charge in [-0.15, -0.1) is 0 Å². The number of para-hydroxylation sites is 1. The number of hydrogen-bond acceptors (Lipinski definition) is 4. The lowest BCUT2D eigenvalue weighted by atomic mass is 9.87. The van der Waals surface area contributed by atoms with E-state index in [1.165, 1.54) is 5.57 Å². The third-order valence-corrected chi connectivity index (χ3v) is 5.23. The smallest absolute Gasteiger partial charge is 0.126 e. The second-order valence-electron chi connectivity index (χ2n) is 7.67. The Morgan fingerprint density at radius 3 is 2.30 bits per heavy atom. The molecule has 0 fully saturated rings. The van der Waals surface area contributed by atoms with Crippen LogP contribution in [0.15, 0.2) is 72.8 Å². The van der Waals surface area contributed by atoms with E-state index in [0.29, 0.717) is 13.2 Å². The Balaban J connectivity index is 1.75. The molecule has 4 nitrogen and oxygen atoms in total. The number of ether oxygens (including phenoxy) is 2. The Kier molecular flexibility index (Phi) is 6.05. The number of benzene rings is 3. The third kappa shape index (κ3) is 4.50. The first-order chi connectivity index (χ1) is 14.6. The van der Waals surface area contributed by atoms with Crippen molar-refractivity contribution in [3.8, 4) is 17.2 Å². The predicted octanol–water partition coefficient (Wildman–Crippen LogP) is 5.07. The molecule has 1 N–H and O–H groups in total. The average molecular weight is 402 g/mol. The van der Waals surface area contributed by atoms with Gasteiger partial charge in [0.05, 0.1) is 6.61 Å². The second kappa shape index (κ2) is 9.06. The van der Waals surface area contributed by atoms with Crippen LogP contribution in [0.25, 0.3) is 11.1 Å². The topological polar surface area (TPSA) is 41.9 Å². The zero-order chi connectivity index (χ0) is 20.9. The van der Waals surface area contributed by atoms with Gasteiger partial charge in [0.25, 0.3) is 0 Å². The standard InChI is InChI=1S/C26H27NO3/c1-27(2)16-18-29-22-13-9-20(10-14-22)26(19-7-11-21(28)12-8-19)24-15-17-30-25-6-4-3-5-23(24)25/h3-14,28H,15-18H2,1-2H3. The predicted molar refractivity (Wildman–Crippen MR) is 121 cm³/mol. The van der Waals surface area contributed by atoms with Crippen LogP contribution in [-0.4, -0.2) is 43.9 Å². The van der Waals surface area contributed by atoms with Crippen LogP contribution >= 0.6 is 0 Å². The van der Waals surface area contributed by atoms with E-state index in [-0.39, 0.29) is 5.75 Å².